The van der Waals surface area contributed by atoms with Crippen LogP contribution < -0.4 is 5.32 Å². The highest BCUT2D eigenvalue weighted by atomic mass is 16.7. The zero-order chi connectivity index (χ0) is 12.5. The van der Waals surface area contributed by atoms with Crippen molar-refractivity contribution in [2.45, 2.75) is 57.5 Å². The average Bonchev–Trinajstić information content (AvgIpc) is 3.10. The van der Waals surface area contributed by atoms with Gasteiger partial charge in [-0.15, -0.1) is 0 Å². The standard InChI is InChI=1S/C13H26N2O2/c1-10(15(4)12-5-6-12)7-14-11-8-16-13(2,3)17-9-11/h10-12,14H,5-9H2,1-4H3. The molecular formula is C13H26N2O2. The van der Waals surface area contributed by atoms with Gasteiger partial charge in [0, 0.05) is 18.6 Å². The van der Waals surface area contributed by atoms with Crippen molar-refractivity contribution in [3.63, 3.8) is 0 Å². The van der Waals surface area contributed by atoms with E-state index in [1.807, 2.05) is 13.8 Å². The first-order valence-corrected chi connectivity index (χ1v) is 6.71. The van der Waals surface area contributed by atoms with E-state index in [4.69, 9.17) is 9.47 Å². The van der Waals surface area contributed by atoms with Crippen LogP contribution in [0.2, 0.25) is 0 Å². The van der Waals surface area contributed by atoms with Gasteiger partial charge in [-0.1, -0.05) is 0 Å². The smallest absolute Gasteiger partial charge is 0.162 e. The number of ether oxygens (including phenoxy) is 2. The molecule has 1 aliphatic carbocycles. The van der Waals surface area contributed by atoms with Crippen LogP contribution in [0.15, 0.2) is 0 Å². The summed E-state index contributed by atoms with van der Waals surface area (Å²) in [7, 11) is 2.22. The Bertz CT molecular complexity index is 244. The molecule has 0 spiro atoms. The van der Waals surface area contributed by atoms with Crippen LogP contribution in [0.5, 0.6) is 0 Å². The third kappa shape index (κ3) is 3.91. The first kappa shape index (κ1) is 13.3. The number of likely N-dealkylation sites (N-methyl/N-ethyl adjacent to an activating group) is 1. The summed E-state index contributed by atoms with van der Waals surface area (Å²) in [5, 5.41) is 3.53. The average molecular weight is 242 g/mol. The SMILES string of the molecule is CC(CNC1COC(C)(C)OC1)N(C)C1CC1. The van der Waals surface area contributed by atoms with Crippen molar-refractivity contribution in [2.75, 3.05) is 26.8 Å². The predicted octanol–water partition coefficient (Wildman–Crippen LogP) is 1.21. The van der Waals surface area contributed by atoms with Crippen molar-refractivity contribution in [2.24, 2.45) is 0 Å². The molecule has 1 saturated carbocycles. The van der Waals surface area contributed by atoms with E-state index in [1.54, 1.807) is 0 Å². The summed E-state index contributed by atoms with van der Waals surface area (Å²) >= 11 is 0. The van der Waals surface area contributed by atoms with Gasteiger partial charge >= 0.3 is 0 Å². The van der Waals surface area contributed by atoms with Crippen LogP contribution in [0.25, 0.3) is 0 Å². The maximum absolute atomic E-state index is 5.63. The number of nitrogens with one attached hydrogen (secondary N) is 1. The van der Waals surface area contributed by atoms with Crippen LogP contribution in [-0.2, 0) is 9.47 Å². The van der Waals surface area contributed by atoms with Gasteiger partial charge in [-0.2, -0.15) is 0 Å². The van der Waals surface area contributed by atoms with E-state index in [9.17, 15) is 0 Å². The normalized spacial score (nSPS) is 27.4. The Kier molecular flexibility index (Phi) is 4.08. The highest BCUT2D eigenvalue weighted by Crippen LogP contribution is 2.26. The van der Waals surface area contributed by atoms with E-state index in [0.29, 0.717) is 12.1 Å². The van der Waals surface area contributed by atoms with Crippen molar-refractivity contribution in [3.8, 4) is 0 Å². The molecular weight excluding hydrogens is 216 g/mol. The van der Waals surface area contributed by atoms with Crippen LogP contribution >= 0.6 is 0 Å². The Morgan fingerprint density at radius 2 is 1.88 bits per heavy atom. The lowest BCUT2D eigenvalue weighted by molar-refractivity contribution is -0.253. The van der Waals surface area contributed by atoms with Crippen LogP contribution in [0, 0.1) is 0 Å². The molecule has 2 fully saturated rings. The Balaban J connectivity index is 1.65. The topological polar surface area (TPSA) is 33.7 Å². The highest BCUT2D eigenvalue weighted by molar-refractivity contribution is 4.86. The lowest BCUT2D eigenvalue weighted by Gasteiger charge is -2.36. The van der Waals surface area contributed by atoms with Gasteiger partial charge in [-0.25, -0.2) is 0 Å². The number of hydrogen-bond acceptors (Lipinski definition) is 4. The van der Waals surface area contributed by atoms with Gasteiger partial charge in [0.2, 0.25) is 0 Å². The maximum atomic E-state index is 5.63. The molecule has 1 aliphatic heterocycles. The zero-order valence-corrected chi connectivity index (χ0v) is 11.5. The monoisotopic (exact) mass is 242 g/mol. The van der Waals surface area contributed by atoms with Crippen molar-refractivity contribution >= 4 is 0 Å². The summed E-state index contributed by atoms with van der Waals surface area (Å²) in [6, 6.07) is 1.74. The minimum absolute atomic E-state index is 0.332. The van der Waals surface area contributed by atoms with Gasteiger partial charge in [0.15, 0.2) is 5.79 Å². The molecule has 1 saturated heterocycles. The second-order valence-corrected chi connectivity index (χ2v) is 5.87. The van der Waals surface area contributed by atoms with Gasteiger partial charge in [0.05, 0.1) is 19.3 Å². The molecule has 0 bridgehead atoms. The van der Waals surface area contributed by atoms with Crippen LogP contribution in [-0.4, -0.2) is 55.6 Å². The predicted molar refractivity (Wildman–Crippen MR) is 68.0 cm³/mol. The third-order valence-electron chi connectivity index (χ3n) is 3.78. The summed E-state index contributed by atoms with van der Waals surface area (Å²) in [5.41, 5.74) is 0. The fourth-order valence-electron chi connectivity index (χ4n) is 2.13. The highest BCUT2D eigenvalue weighted by Gasteiger charge is 2.31. The molecule has 2 aliphatic rings. The summed E-state index contributed by atoms with van der Waals surface area (Å²) in [4.78, 5) is 2.47. The summed E-state index contributed by atoms with van der Waals surface area (Å²) in [6.07, 6.45) is 2.73. The Morgan fingerprint density at radius 3 is 2.41 bits per heavy atom. The molecule has 4 heteroatoms. The molecule has 4 nitrogen and oxygen atoms in total. The third-order valence-corrected chi connectivity index (χ3v) is 3.78. The quantitative estimate of drug-likeness (QED) is 0.786. The Morgan fingerprint density at radius 1 is 1.29 bits per heavy atom. The Labute approximate surface area is 105 Å². The number of nitrogens with zero attached hydrogens (tertiary/aromatic N) is 1. The fraction of sp³-hybridized carbons (Fsp3) is 1.00. The lowest BCUT2D eigenvalue weighted by atomic mass is 10.2. The van der Waals surface area contributed by atoms with E-state index in [-0.39, 0.29) is 0 Å². The second-order valence-electron chi connectivity index (χ2n) is 5.87. The van der Waals surface area contributed by atoms with Crippen LogP contribution in [0.4, 0.5) is 0 Å². The molecule has 2 rings (SSSR count). The minimum Gasteiger partial charge on any atom is -0.349 e. The molecule has 17 heavy (non-hydrogen) atoms. The van der Waals surface area contributed by atoms with Crippen molar-refractivity contribution in [1.29, 1.82) is 0 Å². The van der Waals surface area contributed by atoms with Gasteiger partial charge in [-0.3, -0.25) is 4.90 Å². The molecule has 0 amide bonds. The molecule has 0 aromatic carbocycles. The molecule has 1 unspecified atom stereocenters. The van der Waals surface area contributed by atoms with E-state index in [2.05, 4.69) is 24.2 Å². The van der Waals surface area contributed by atoms with Gasteiger partial charge in [-0.05, 0) is 40.7 Å². The molecule has 1 N–H and O–H groups in total. The zero-order valence-electron chi connectivity index (χ0n) is 11.5. The van der Waals surface area contributed by atoms with Crippen LogP contribution in [0.1, 0.15) is 33.6 Å². The summed E-state index contributed by atoms with van der Waals surface area (Å²) in [5.74, 6) is -0.408. The maximum Gasteiger partial charge on any atom is 0.162 e. The second kappa shape index (κ2) is 5.22. The number of hydrogen-bond donors (Lipinski definition) is 1. The van der Waals surface area contributed by atoms with Gasteiger partial charge in [0.25, 0.3) is 0 Å². The fourth-order valence-corrected chi connectivity index (χ4v) is 2.13. The largest absolute Gasteiger partial charge is 0.349 e. The molecule has 1 atom stereocenters. The van der Waals surface area contributed by atoms with E-state index in [0.717, 1.165) is 25.8 Å². The van der Waals surface area contributed by atoms with E-state index >= 15 is 0 Å². The van der Waals surface area contributed by atoms with Crippen molar-refractivity contribution in [1.82, 2.24) is 10.2 Å². The molecule has 100 valence electrons. The van der Waals surface area contributed by atoms with Crippen molar-refractivity contribution < 1.29 is 9.47 Å². The molecule has 0 aromatic rings. The number of rotatable bonds is 5. The van der Waals surface area contributed by atoms with Gasteiger partial charge < -0.3 is 14.8 Å². The summed E-state index contributed by atoms with van der Waals surface area (Å²) in [6.45, 7) is 8.70. The summed E-state index contributed by atoms with van der Waals surface area (Å²) < 4.78 is 11.3. The molecule has 0 aromatic heterocycles. The van der Waals surface area contributed by atoms with Crippen molar-refractivity contribution in [3.05, 3.63) is 0 Å². The first-order valence-electron chi connectivity index (χ1n) is 6.71. The first-order chi connectivity index (χ1) is 7.98. The van der Waals surface area contributed by atoms with E-state index in [1.165, 1.54) is 12.8 Å². The Hall–Kier alpha value is -0.160. The molecule has 1 heterocycles. The lowest BCUT2D eigenvalue weighted by Crippen LogP contribution is -2.51. The van der Waals surface area contributed by atoms with Crippen LogP contribution in [0.3, 0.4) is 0 Å². The van der Waals surface area contributed by atoms with E-state index < -0.39 is 5.79 Å². The van der Waals surface area contributed by atoms with Gasteiger partial charge in [0.1, 0.15) is 0 Å². The molecule has 0 radical (unpaired) electrons. The minimum atomic E-state index is -0.408.